The highest BCUT2D eigenvalue weighted by molar-refractivity contribution is 6.22. The van der Waals surface area contributed by atoms with Gasteiger partial charge < -0.3 is 5.32 Å². The van der Waals surface area contributed by atoms with Gasteiger partial charge in [0.15, 0.2) is 0 Å². The van der Waals surface area contributed by atoms with Crippen LogP contribution in [-0.4, -0.2) is 23.9 Å². The van der Waals surface area contributed by atoms with Crippen molar-refractivity contribution >= 4 is 17.5 Å². The lowest BCUT2D eigenvalue weighted by atomic mass is 10.1. The summed E-state index contributed by atoms with van der Waals surface area (Å²) in [4.78, 5) is 26.8. The molecule has 2 amide bonds. The minimum Gasteiger partial charge on any atom is -0.302 e. The molecule has 4 heteroatoms. The normalized spacial score (nSPS) is 20.4. The van der Waals surface area contributed by atoms with Gasteiger partial charge in [-0.05, 0) is 42.0 Å². The Labute approximate surface area is 147 Å². The van der Waals surface area contributed by atoms with E-state index >= 15 is 0 Å². The van der Waals surface area contributed by atoms with Crippen molar-refractivity contribution < 1.29 is 9.59 Å². The molecule has 2 aliphatic rings. The van der Waals surface area contributed by atoms with E-state index in [2.05, 4.69) is 29.6 Å². The van der Waals surface area contributed by atoms with Gasteiger partial charge in [-0.25, -0.2) is 4.90 Å². The smallest absolute Gasteiger partial charge is 0.251 e. The molecule has 1 atom stereocenters. The van der Waals surface area contributed by atoms with E-state index in [1.807, 2.05) is 31.2 Å². The third-order valence-electron chi connectivity index (χ3n) is 5.25. The number of anilines is 1. The SMILES string of the molecule is CCc1ccccc1N1C(=O)C[C@H](NC2Cc3ccccc3C2)C1=O. The van der Waals surface area contributed by atoms with Crippen molar-refractivity contribution in [2.75, 3.05) is 4.90 Å². The highest BCUT2D eigenvalue weighted by atomic mass is 16.2. The number of amides is 2. The predicted molar refractivity (Wildman–Crippen MR) is 97.5 cm³/mol. The molecule has 1 N–H and O–H groups in total. The van der Waals surface area contributed by atoms with Gasteiger partial charge in [-0.1, -0.05) is 49.4 Å². The lowest BCUT2D eigenvalue weighted by molar-refractivity contribution is -0.121. The maximum atomic E-state index is 12.9. The maximum Gasteiger partial charge on any atom is 0.251 e. The molecule has 1 saturated heterocycles. The lowest BCUT2D eigenvalue weighted by Gasteiger charge is -2.20. The van der Waals surface area contributed by atoms with Crippen LogP contribution >= 0.6 is 0 Å². The monoisotopic (exact) mass is 334 g/mol. The molecule has 4 nitrogen and oxygen atoms in total. The topological polar surface area (TPSA) is 49.4 Å². The second kappa shape index (κ2) is 6.45. The molecule has 0 saturated carbocycles. The molecule has 0 radical (unpaired) electrons. The molecule has 1 aliphatic heterocycles. The second-order valence-corrected chi connectivity index (χ2v) is 6.85. The number of fused-ring (bicyclic) bond motifs is 1. The third kappa shape index (κ3) is 2.87. The molecule has 0 spiro atoms. The Morgan fingerprint density at radius 3 is 2.28 bits per heavy atom. The molecule has 1 fully saturated rings. The van der Waals surface area contributed by atoms with Crippen LogP contribution in [0.15, 0.2) is 48.5 Å². The molecule has 1 heterocycles. The fourth-order valence-electron chi connectivity index (χ4n) is 4.00. The standard InChI is InChI=1S/C21H22N2O2/c1-2-14-7-5-6-10-19(14)23-20(24)13-18(21(23)25)22-17-11-15-8-3-4-9-16(15)12-17/h3-10,17-18,22H,2,11-13H2,1H3/t18-/m0/s1. The summed E-state index contributed by atoms with van der Waals surface area (Å²) in [6.45, 7) is 2.04. The van der Waals surface area contributed by atoms with Crippen LogP contribution < -0.4 is 10.2 Å². The Kier molecular flexibility index (Phi) is 4.14. The molecule has 25 heavy (non-hydrogen) atoms. The van der Waals surface area contributed by atoms with Crippen molar-refractivity contribution in [1.29, 1.82) is 0 Å². The molecule has 0 aromatic heterocycles. The van der Waals surface area contributed by atoms with Crippen molar-refractivity contribution in [3.63, 3.8) is 0 Å². The number of imide groups is 1. The second-order valence-electron chi connectivity index (χ2n) is 6.85. The molecule has 128 valence electrons. The van der Waals surface area contributed by atoms with Crippen LogP contribution in [0.25, 0.3) is 0 Å². The highest BCUT2D eigenvalue weighted by Crippen LogP contribution is 2.28. The lowest BCUT2D eigenvalue weighted by Crippen LogP contribution is -2.44. The summed E-state index contributed by atoms with van der Waals surface area (Å²) in [5.74, 6) is -0.235. The van der Waals surface area contributed by atoms with E-state index < -0.39 is 6.04 Å². The van der Waals surface area contributed by atoms with Gasteiger partial charge >= 0.3 is 0 Å². The molecule has 1 aliphatic carbocycles. The zero-order valence-corrected chi connectivity index (χ0v) is 14.4. The number of aryl methyl sites for hydroxylation is 1. The zero-order valence-electron chi connectivity index (χ0n) is 14.4. The van der Waals surface area contributed by atoms with E-state index in [0.717, 1.165) is 30.5 Å². The van der Waals surface area contributed by atoms with Crippen LogP contribution in [0.1, 0.15) is 30.0 Å². The van der Waals surface area contributed by atoms with E-state index in [0.29, 0.717) is 0 Å². The van der Waals surface area contributed by atoms with Gasteiger partial charge in [0, 0.05) is 6.04 Å². The number of para-hydroxylation sites is 1. The largest absolute Gasteiger partial charge is 0.302 e. The minimum absolute atomic E-state index is 0.112. The minimum atomic E-state index is -0.420. The van der Waals surface area contributed by atoms with E-state index in [-0.39, 0.29) is 24.3 Å². The molecule has 2 aromatic carbocycles. The van der Waals surface area contributed by atoms with E-state index in [1.54, 1.807) is 0 Å². The van der Waals surface area contributed by atoms with E-state index in [4.69, 9.17) is 0 Å². The highest BCUT2D eigenvalue weighted by Gasteiger charge is 2.41. The average Bonchev–Trinajstić information content (AvgIpc) is 3.15. The fourth-order valence-corrected chi connectivity index (χ4v) is 4.00. The van der Waals surface area contributed by atoms with Gasteiger partial charge in [0.25, 0.3) is 5.91 Å². The van der Waals surface area contributed by atoms with Crippen molar-refractivity contribution in [3.05, 3.63) is 65.2 Å². The first kappa shape index (κ1) is 16.0. The predicted octanol–water partition coefficient (Wildman–Crippen LogP) is 2.64. The first-order valence-corrected chi connectivity index (χ1v) is 8.95. The van der Waals surface area contributed by atoms with Crippen molar-refractivity contribution in [2.45, 2.75) is 44.7 Å². The van der Waals surface area contributed by atoms with Crippen molar-refractivity contribution in [3.8, 4) is 0 Å². The number of carbonyl (C=O) groups is 2. The van der Waals surface area contributed by atoms with Gasteiger partial charge in [-0.3, -0.25) is 9.59 Å². The van der Waals surface area contributed by atoms with Crippen molar-refractivity contribution in [1.82, 2.24) is 5.32 Å². The van der Waals surface area contributed by atoms with Crippen LogP contribution in [0.3, 0.4) is 0 Å². The van der Waals surface area contributed by atoms with Crippen LogP contribution in [0.5, 0.6) is 0 Å². The number of hydrogen-bond acceptors (Lipinski definition) is 3. The van der Waals surface area contributed by atoms with E-state index in [1.165, 1.54) is 16.0 Å². The number of rotatable bonds is 4. The first-order valence-electron chi connectivity index (χ1n) is 8.95. The van der Waals surface area contributed by atoms with Gasteiger partial charge in [-0.15, -0.1) is 0 Å². The number of nitrogens with one attached hydrogen (secondary N) is 1. The van der Waals surface area contributed by atoms with Crippen molar-refractivity contribution in [2.24, 2.45) is 0 Å². The molecular weight excluding hydrogens is 312 g/mol. The van der Waals surface area contributed by atoms with Crippen LogP contribution in [0.4, 0.5) is 5.69 Å². The van der Waals surface area contributed by atoms with Gasteiger partial charge in [0.05, 0.1) is 18.2 Å². The Hall–Kier alpha value is -2.46. The van der Waals surface area contributed by atoms with Gasteiger partial charge in [0.2, 0.25) is 5.91 Å². The number of nitrogens with zero attached hydrogens (tertiary/aromatic N) is 1. The van der Waals surface area contributed by atoms with Gasteiger partial charge in [0.1, 0.15) is 0 Å². The van der Waals surface area contributed by atoms with Crippen LogP contribution in [0, 0.1) is 0 Å². The molecule has 4 rings (SSSR count). The quantitative estimate of drug-likeness (QED) is 0.875. The number of benzene rings is 2. The zero-order chi connectivity index (χ0) is 17.4. The Morgan fingerprint density at radius 1 is 0.960 bits per heavy atom. The fraction of sp³-hybridized carbons (Fsp3) is 0.333. The summed E-state index contributed by atoms with van der Waals surface area (Å²) in [6, 6.07) is 15.8. The Morgan fingerprint density at radius 2 is 1.60 bits per heavy atom. The summed E-state index contributed by atoms with van der Waals surface area (Å²) in [7, 11) is 0. The van der Waals surface area contributed by atoms with Crippen LogP contribution in [0.2, 0.25) is 0 Å². The average molecular weight is 334 g/mol. The summed E-state index contributed by atoms with van der Waals surface area (Å²) < 4.78 is 0. The molecule has 0 bridgehead atoms. The maximum absolute atomic E-state index is 12.9. The number of carbonyl (C=O) groups excluding carboxylic acids is 2. The molecule has 0 unspecified atom stereocenters. The summed E-state index contributed by atoms with van der Waals surface area (Å²) in [5, 5.41) is 3.43. The van der Waals surface area contributed by atoms with Crippen LogP contribution in [-0.2, 0) is 28.9 Å². The molecular formula is C21H22N2O2. The van der Waals surface area contributed by atoms with Gasteiger partial charge in [-0.2, -0.15) is 0 Å². The Balaban J connectivity index is 1.51. The first-order chi connectivity index (χ1) is 12.2. The Bertz CT molecular complexity index is 805. The number of hydrogen-bond donors (Lipinski definition) is 1. The molecule has 2 aromatic rings. The summed E-state index contributed by atoms with van der Waals surface area (Å²) >= 11 is 0. The van der Waals surface area contributed by atoms with E-state index in [9.17, 15) is 9.59 Å². The third-order valence-corrected chi connectivity index (χ3v) is 5.25. The summed E-state index contributed by atoms with van der Waals surface area (Å²) in [6.07, 6.45) is 2.87. The summed E-state index contributed by atoms with van der Waals surface area (Å²) in [5.41, 5.74) is 4.44.